The number of hydrogen-bond donors (Lipinski definition) is 2. The number of aromatic nitrogens is 4. The van der Waals surface area contributed by atoms with Crippen LogP contribution in [0.25, 0.3) is 0 Å². The Morgan fingerprint density at radius 3 is 3.00 bits per heavy atom. The molecule has 0 bridgehead atoms. The summed E-state index contributed by atoms with van der Waals surface area (Å²) in [5.41, 5.74) is 0. The molecule has 1 aliphatic rings. The zero-order chi connectivity index (χ0) is 15.9. The molecule has 8 nitrogen and oxygen atoms in total. The minimum absolute atomic E-state index is 0.0365. The van der Waals surface area contributed by atoms with E-state index < -0.39 is 0 Å². The quantitative estimate of drug-likeness (QED) is 0.697. The first-order chi connectivity index (χ1) is 10.6. The van der Waals surface area contributed by atoms with Crippen LogP contribution in [0.1, 0.15) is 38.9 Å². The predicted molar refractivity (Wildman–Crippen MR) is 79.7 cm³/mol. The highest BCUT2D eigenvalue weighted by Crippen LogP contribution is 2.18. The molecule has 8 heteroatoms. The van der Waals surface area contributed by atoms with Crippen LogP contribution < -0.4 is 5.32 Å². The lowest BCUT2D eigenvalue weighted by Gasteiger charge is -2.33. The number of aromatic amines is 1. The molecule has 1 aromatic heterocycles. The molecule has 2 heterocycles. The molecule has 1 saturated heterocycles. The van der Waals surface area contributed by atoms with Crippen molar-refractivity contribution in [3.63, 3.8) is 0 Å². The van der Waals surface area contributed by atoms with Gasteiger partial charge in [0.15, 0.2) is 5.82 Å². The number of likely N-dealkylation sites (tertiary alicyclic amines) is 1. The van der Waals surface area contributed by atoms with Crippen molar-refractivity contribution in [2.45, 2.75) is 39.5 Å². The number of piperidine rings is 1. The first kappa shape index (κ1) is 16.4. The molecular formula is C14H24N6O2. The second-order valence-electron chi connectivity index (χ2n) is 6.15. The number of amides is 2. The first-order valence-electron chi connectivity index (χ1n) is 7.84. The molecule has 2 rings (SSSR count). The van der Waals surface area contributed by atoms with Crippen LogP contribution in [0, 0.1) is 11.8 Å². The molecule has 122 valence electrons. The van der Waals surface area contributed by atoms with Crippen molar-refractivity contribution in [2.75, 3.05) is 19.6 Å². The summed E-state index contributed by atoms with van der Waals surface area (Å²) in [6.45, 7) is 6.00. The Morgan fingerprint density at radius 1 is 1.50 bits per heavy atom. The standard InChI is InChI=1S/C14H24N6O2/c1-10(2)8-20-9-11(5-6-13(20)21)14(22)15-7-3-4-12-16-18-19-17-12/h10-11H,3-9H2,1-2H3,(H,15,22)(H,16,17,18,19). The van der Waals surface area contributed by atoms with Crippen LogP contribution in [-0.4, -0.2) is 57.0 Å². The van der Waals surface area contributed by atoms with E-state index in [4.69, 9.17) is 0 Å². The maximum Gasteiger partial charge on any atom is 0.224 e. The van der Waals surface area contributed by atoms with Crippen molar-refractivity contribution in [1.29, 1.82) is 0 Å². The Kier molecular flexibility index (Phi) is 5.85. The van der Waals surface area contributed by atoms with Crippen LogP contribution in [0.3, 0.4) is 0 Å². The fourth-order valence-electron chi connectivity index (χ4n) is 2.64. The highest BCUT2D eigenvalue weighted by molar-refractivity contribution is 5.83. The number of nitrogens with one attached hydrogen (secondary N) is 2. The van der Waals surface area contributed by atoms with Crippen LogP contribution in [0.15, 0.2) is 0 Å². The molecule has 1 aromatic rings. The molecule has 0 radical (unpaired) electrons. The topological polar surface area (TPSA) is 104 Å². The minimum Gasteiger partial charge on any atom is -0.356 e. The third-order valence-electron chi connectivity index (χ3n) is 3.72. The second-order valence-corrected chi connectivity index (χ2v) is 6.15. The molecule has 0 aliphatic carbocycles. The monoisotopic (exact) mass is 308 g/mol. The van der Waals surface area contributed by atoms with Gasteiger partial charge in [0.1, 0.15) is 0 Å². The average molecular weight is 308 g/mol. The Morgan fingerprint density at radius 2 is 2.32 bits per heavy atom. The summed E-state index contributed by atoms with van der Waals surface area (Å²) in [5, 5.41) is 16.6. The third kappa shape index (κ3) is 4.78. The molecule has 0 spiro atoms. The highest BCUT2D eigenvalue weighted by atomic mass is 16.2. The molecule has 2 N–H and O–H groups in total. The van der Waals surface area contributed by atoms with E-state index in [0.717, 1.165) is 13.0 Å². The fourth-order valence-corrected chi connectivity index (χ4v) is 2.64. The summed E-state index contributed by atoms with van der Waals surface area (Å²) < 4.78 is 0. The van der Waals surface area contributed by atoms with Crippen LogP contribution in [-0.2, 0) is 16.0 Å². The van der Waals surface area contributed by atoms with Crippen molar-refractivity contribution in [3.05, 3.63) is 5.82 Å². The Labute approximate surface area is 130 Å². The van der Waals surface area contributed by atoms with Gasteiger partial charge in [-0.2, -0.15) is 5.21 Å². The minimum atomic E-state index is -0.0957. The Balaban J connectivity index is 1.71. The van der Waals surface area contributed by atoms with Gasteiger partial charge in [-0.25, -0.2) is 0 Å². The number of aryl methyl sites for hydroxylation is 1. The van der Waals surface area contributed by atoms with Crippen molar-refractivity contribution >= 4 is 11.8 Å². The van der Waals surface area contributed by atoms with E-state index in [-0.39, 0.29) is 17.7 Å². The summed E-state index contributed by atoms with van der Waals surface area (Å²) >= 11 is 0. The predicted octanol–water partition coefficient (Wildman–Crippen LogP) is 0.143. The molecule has 0 saturated carbocycles. The number of tetrazole rings is 1. The van der Waals surface area contributed by atoms with Crippen LogP contribution in [0.4, 0.5) is 0 Å². The van der Waals surface area contributed by atoms with Crippen LogP contribution in [0.5, 0.6) is 0 Å². The summed E-state index contributed by atoms with van der Waals surface area (Å²) in [4.78, 5) is 25.9. The van der Waals surface area contributed by atoms with Crippen LogP contribution >= 0.6 is 0 Å². The van der Waals surface area contributed by atoms with Gasteiger partial charge in [-0.05, 0) is 18.8 Å². The SMILES string of the molecule is CC(C)CN1CC(C(=O)NCCCc2nn[nH]n2)CCC1=O. The van der Waals surface area contributed by atoms with E-state index in [1.54, 1.807) is 0 Å². The number of H-pyrrole nitrogens is 1. The lowest BCUT2D eigenvalue weighted by atomic mass is 9.95. The van der Waals surface area contributed by atoms with Crippen molar-refractivity contribution < 1.29 is 9.59 Å². The summed E-state index contributed by atoms with van der Waals surface area (Å²) in [5.74, 6) is 1.17. The summed E-state index contributed by atoms with van der Waals surface area (Å²) in [7, 11) is 0. The lowest BCUT2D eigenvalue weighted by molar-refractivity contribution is -0.138. The second kappa shape index (κ2) is 7.86. The van der Waals surface area contributed by atoms with Gasteiger partial charge in [-0.1, -0.05) is 19.1 Å². The smallest absolute Gasteiger partial charge is 0.224 e. The number of carbonyl (C=O) groups is 2. The Hall–Kier alpha value is -1.99. The lowest BCUT2D eigenvalue weighted by Crippen LogP contribution is -2.47. The number of rotatable bonds is 7. The molecule has 1 atom stereocenters. The maximum absolute atomic E-state index is 12.2. The molecular weight excluding hydrogens is 284 g/mol. The number of nitrogens with zero attached hydrogens (tertiary/aromatic N) is 4. The van der Waals surface area contributed by atoms with E-state index in [0.29, 0.717) is 44.1 Å². The van der Waals surface area contributed by atoms with Crippen molar-refractivity contribution in [3.8, 4) is 0 Å². The van der Waals surface area contributed by atoms with Gasteiger partial charge in [0, 0.05) is 32.5 Å². The van der Waals surface area contributed by atoms with E-state index in [1.807, 2.05) is 4.90 Å². The molecule has 2 amide bonds. The summed E-state index contributed by atoms with van der Waals surface area (Å²) in [6.07, 6.45) is 2.56. The van der Waals surface area contributed by atoms with E-state index in [1.165, 1.54) is 0 Å². The van der Waals surface area contributed by atoms with Gasteiger partial charge in [0.05, 0.1) is 5.92 Å². The first-order valence-corrected chi connectivity index (χ1v) is 7.84. The van der Waals surface area contributed by atoms with Gasteiger partial charge in [0.2, 0.25) is 11.8 Å². The third-order valence-corrected chi connectivity index (χ3v) is 3.72. The normalized spacial score (nSPS) is 18.8. The van der Waals surface area contributed by atoms with Crippen LogP contribution in [0.2, 0.25) is 0 Å². The average Bonchev–Trinajstić information content (AvgIpc) is 2.98. The zero-order valence-corrected chi connectivity index (χ0v) is 13.2. The van der Waals surface area contributed by atoms with Crippen molar-refractivity contribution in [2.24, 2.45) is 11.8 Å². The van der Waals surface area contributed by atoms with E-state index in [2.05, 4.69) is 39.8 Å². The van der Waals surface area contributed by atoms with Gasteiger partial charge in [-0.15, -0.1) is 10.2 Å². The number of hydrogen-bond acceptors (Lipinski definition) is 5. The van der Waals surface area contributed by atoms with Gasteiger partial charge in [0.25, 0.3) is 0 Å². The largest absolute Gasteiger partial charge is 0.356 e. The summed E-state index contributed by atoms with van der Waals surface area (Å²) in [6, 6.07) is 0. The molecule has 1 fully saturated rings. The molecule has 1 unspecified atom stereocenters. The maximum atomic E-state index is 12.2. The Bertz CT molecular complexity index is 488. The van der Waals surface area contributed by atoms with Gasteiger partial charge in [-0.3, -0.25) is 9.59 Å². The number of carbonyl (C=O) groups excluding carboxylic acids is 2. The van der Waals surface area contributed by atoms with Gasteiger partial charge >= 0.3 is 0 Å². The fraction of sp³-hybridized carbons (Fsp3) is 0.786. The van der Waals surface area contributed by atoms with E-state index in [9.17, 15) is 9.59 Å². The molecule has 22 heavy (non-hydrogen) atoms. The van der Waals surface area contributed by atoms with Crippen molar-refractivity contribution in [1.82, 2.24) is 30.8 Å². The zero-order valence-electron chi connectivity index (χ0n) is 13.2. The van der Waals surface area contributed by atoms with E-state index >= 15 is 0 Å². The highest BCUT2D eigenvalue weighted by Gasteiger charge is 2.30. The molecule has 1 aliphatic heterocycles. The molecule has 0 aromatic carbocycles. The van der Waals surface area contributed by atoms with Gasteiger partial charge < -0.3 is 10.2 Å².